The van der Waals surface area contributed by atoms with E-state index in [0.717, 1.165) is 27.8 Å². The van der Waals surface area contributed by atoms with Crippen molar-refractivity contribution in [2.75, 3.05) is 26.2 Å². The van der Waals surface area contributed by atoms with E-state index in [9.17, 15) is 13.2 Å². The molecule has 5 rings (SSSR count). The predicted molar refractivity (Wildman–Crippen MR) is 132 cm³/mol. The van der Waals surface area contributed by atoms with Gasteiger partial charge in [0.25, 0.3) is 5.91 Å². The highest BCUT2D eigenvalue weighted by Crippen LogP contribution is 2.22. The van der Waals surface area contributed by atoms with Crippen LogP contribution in [0, 0.1) is 13.8 Å². The maximum Gasteiger partial charge on any atom is 0.253 e. The van der Waals surface area contributed by atoms with Crippen LogP contribution in [0.1, 0.15) is 21.5 Å². The fourth-order valence-electron chi connectivity index (χ4n) is 4.27. The molecule has 0 spiro atoms. The Bertz CT molecular complexity index is 1470. The van der Waals surface area contributed by atoms with E-state index in [2.05, 4.69) is 4.98 Å². The van der Waals surface area contributed by atoms with Gasteiger partial charge < -0.3 is 4.90 Å². The zero-order valence-electron chi connectivity index (χ0n) is 19.2. The zero-order chi connectivity index (χ0) is 23.9. The fourth-order valence-corrected chi connectivity index (χ4v) is 5.77. The SMILES string of the molecule is Cc1ccc(S(=O)(=O)N2CCN(C(=O)c3ccc(-n4cnc5ccccc54)cc3)CC2)cc1C. The van der Waals surface area contributed by atoms with Crippen molar-refractivity contribution in [3.63, 3.8) is 0 Å². The molecule has 0 unspecified atom stereocenters. The van der Waals surface area contributed by atoms with Gasteiger partial charge in [-0.05, 0) is 73.5 Å². The van der Waals surface area contributed by atoms with E-state index in [1.165, 1.54) is 4.31 Å². The van der Waals surface area contributed by atoms with Gasteiger partial charge in [-0.2, -0.15) is 4.31 Å². The Labute approximate surface area is 199 Å². The molecule has 4 aromatic rings. The van der Waals surface area contributed by atoms with Crippen LogP contribution < -0.4 is 0 Å². The highest BCUT2D eigenvalue weighted by molar-refractivity contribution is 7.89. The summed E-state index contributed by atoms with van der Waals surface area (Å²) in [7, 11) is -3.58. The Morgan fingerprint density at radius 3 is 2.26 bits per heavy atom. The number of amides is 1. The lowest BCUT2D eigenvalue weighted by Crippen LogP contribution is -2.50. The van der Waals surface area contributed by atoms with Gasteiger partial charge in [0.05, 0.1) is 15.9 Å². The topological polar surface area (TPSA) is 75.5 Å². The second-order valence-corrected chi connectivity index (χ2v) is 10.5. The van der Waals surface area contributed by atoms with Crippen LogP contribution in [0.15, 0.2) is 78.0 Å². The summed E-state index contributed by atoms with van der Waals surface area (Å²) < 4.78 is 29.6. The first-order chi connectivity index (χ1) is 16.3. The molecule has 1 amide bonds. The molecular formula is C26H26N4O3S. The minimum absolute atomic E-state index is 0.0923. The molecule has 3 aromatic carbocycles. The molecule has 34 heavy (non-hydrogen) atoms. The van der Waals surface area contributed by atoms with Crippen molar-refractivity contribution in [3.05, 3.63) is 89.7 Å². The molecule has 0 aliphatic carbocycles. The molecule has 8 heteroatoms. The number of aromatic nitrogens is 2. The number of para-hydroxylation sites is 2. The lowest BCUT2D eigenvalue weighted by molar-refractivity contribution is 0.0698. The molecule has 0 bridgehead atoms. The quantitative estimate of drug-likeness (QED) is 0.451. The monoisotopic (exact) mass is 474 g/mol. The van der Waals surface area contributed by atoms with Crippen LogP contribution in [0.3, 0.4) is 0 Å². The number of hydrogen-bond acceptors (Lipinski definition) is 4. The molecule has 7 nitrogen and oxygen atoms in total. The van der Waals surface area contributed by atoms with Crippen LogP contribution >= 0.6 is 0 Å². The van der Waals surface area contributed by atoms with Gasteiger partial charge in [-0.25, -0.2) is 13.4 Å². The molecule has 1 aliphatic heterocycles. The van der Waals surface area contributed by atoms with Crippen molar-refractivity contribution in [2.24, 2.45) is 0 Å². The van der Waals surface area contributed by atoms with Crippen LogP contribution in [0.5, 0.6) is 0 Å². The summed E-state index contributed by atoms with van der Waals surface area (Å²) in [5.41, 5.74) is 5.43. The first kappa shape index (κ1) is 22.3. The van der Waals surface area contributed by atoms with Crippen molar-refractivity contribution in [1.82, 2.24) is 18.8 Å². The molecule has 174 valence electrons. The Morgan fingerprint density at radius 1 is 0.853 bits per heavy atom. The summed E-state index contributed by atoms with van der Waals surface area (Å²) in [4.78, 5) is 19.5. The molecule has 0 saturated carbocycles. The maximum absolute atomic E-state index is 13.1. The van der Waals surface area contributed by atoms with Crippen LogP contribution in [0.25, 0.3) is 16.7 Å². The standard InChI is InChI=1S/C26H26N4O3S/c1-19-7-12-23(17-20(19)2)34(32,33)29-15-13-28(14-16-29)26(31)21-8-10-22(11-9-21)30-18-27-24-5-3-4-6-25(24)30/h3-12,17-18H,13-16H2,1-2H3. The second-order valence-electron chi connectivity index (χ2n) is 8.59. The van der Waals surface area contributed by atoms with E-state index in [1.807, 2.05) is 73.0 Å². The smallest absolute Gasteiger partial charge is 0.253 e. The number of aryl methyl sites for hydroxylation is 2. The number of fused-ring (bicyclic) bond motifs is 1. The number of hydrogen-bond donors (Lipinski definition) is 0. The van der Waals surface area contributed by atoms with Gasteiger partial charge in [0.1, 0.15) is 6.33 Å². The van der Waals surface area contributed by atoms with Crippen LogP contribution in [0.2, 0.25) is 0 Å². The van der Waals surface area contributed by atoms with Crippen molar-refractivity contribution in [1.29, 1.82) is 0 Å². The van der Waals surface area contributed by atoms with Crippen molar-refractivity contribution in [3.8, 4) is 5.69 Å². The Kier molecular flexibility index (Phi) is 5.71. The first-order valence-electron chi connectivity index (χ1n) is 11.2. The third kappa shape index (κ3) is 3.99. The van der Waals surface area contributed by atoms with Gasteiger partial charge in [-0.15, -0.1) is 0 Å². The molecule has 0 atom stereocenters. The van der Waals surface area contributed by atoms with Gasteiger partial charge in [0.2, 0.25) is 10.0 Å². The number of imidazole rings is 1. The van der Waals surface area contributed by atoms with Gasteiger partial charge >= 0.3 is 0 Å². The minimum atomic E-state index is -3.58. The number of benzene rings is 3. The fraction of sp³-hybridized carbons (Fsp3) is 0.231. The summed E-state index contributed by atoms with van der Waals surface area (Å²) >= 11 is 0. The highest BCUT2D eigenvalue weighted by atomic mass is 32.2. The lowest BCUT2D eigenvalue weighted by Gasteiger charge is -2.34. The molecule has 2 heterocycles. The molecule has 1 aromatic heterocycles. The molecular weight excluding hydrogens is 448 g/mol. The number of piperazine rings is 1. The van der Waals surface area contributed by atoms with E-state index in [4.69, 9.17) is 0 Å². The van der Waals surface area contributed by atoms with Gasteiger partial charge in [0, 0.05) is 37.4 Å². The molecule has 1 fully saturated rings. The average molecular weight is 475 g/mol. The highest BCUT2D eigenvalue weighted by Gasteiger charge is 2.30. The van der Waals surface area contributed by atoms with E-state index in [-0.39, 0.29) is 19.0 Å². The summed E-state index contributed by atoms with van der Waals surface area (Å²) in [5, 5.41) is 0. The molecule has 0 N–H and O–H groups in total. The number of rotatable bonds is 4. The zero-order valence-corrected chi connectivity index (χ0v) is 20.0. The summed E-state index contributed by atoms with van der Waals surface area (Å²) in [6.07, 6.45) is 1.77. The Balaban J connectivity index is 1.27. The number of nitrogens with zero attached hydrogens (tertiary/aromatic N) is 4. The molecule has 1 saturated heterocycles. The van der Waals surface area contributed by atoms with Crippen molar-refractivity contribution >= 4 is 27.0 Å². The molecule has 1 aliphatic rings. The third-order valence-electron chi connectivity index (χ3n) is 6.49. The van der Waals surface area contributed by atoms with E-state index in [1.54, 1.807) is 23.4 Å². The van der Waals surface area contributed by atoms with Crippen molar-refractivity contribution < 1.29 is 13.2 Å². The Morgan fingerprint density at radius 2 is 1.56 bits per heavy atom. The van der Waals surface area contributed by atoms with Crippen molar-refractivity contribution in [2.45, 2.75) is 18.7 Å². The summed E-state index contributed by atoms with van der Waals surface area (Å²) in [5.74, 6) is -0.0923. The van der Waals surface area contributed by atoms with Gasteiger partial charge in [-0.1, -0.05) is 18.2 Å². The van der Waals surface area contributed by atoms with Crippen LogP contribution in [-0.2, 0) is 10.0 Å². The predicted octanol–water partition coefficient (Wildman–Crippen LogP) is 3.79. The second kappa shape index (κ2) is 8.70. The van der Waals surface area contributed by atoms with Gasteiger partial charge in [-0.3, -0.25) is 9.36 Å². The summed E-state index contributed by atoms with van der Waals surface area (Å²) in [6.45, 7) is 5.14. The Hall–Kier alpha value is -3.49. The van der Waals surface area contributed by atoms with E-state index < -0.39 is 10.0 Å². The van der Waals surface area contributed by atoms with E-state index >= 15 is 0 Å². The van der Waals surface area contributed by atoms with Crippen LogP contribution in [0.4, 0.5) is 0 Å². The largest absolute Gasteiger partial charge is 0.336 e. The summed E-state index contributed by atoms with van der Waals surface area (Å²) in [6, 6.07) is 20.5. The van der Waals surface area contributed by atoms with Crippen LogP contribution in [-0.4, -0.2) is 59.3 Å². The minimum Gasteiger partial charge on any atom is -0.336 e. The first-order valence-corrected chi connectivity index (χ1v) is 12.7. The molecule has 0 radical (unpaired) electrons. The third-order valence-corrected chi connectivity index (χ3v) is 8.38. The normalized spacial score (nSPS) is 15.1. The number of sulfonamides is 1. The van der Waals surface area contributed by atoms with Gasteiger partial charge in [0.15, 0.2) is 0 Å². The van der Waals surface area contributed by atoms with E-state index in [0.29, 0.717) is 23.5 Å². The average Bonchev–Trinajstić information content (AvgIpc) is 3.29. The maximum atomic E-state index is 13.1. The number of carbonyl (C=O) groups is 1. The lowest BCUT2D eigenvalue weighted by atomic mass is 10.1. The number of carbonyl (C=O) groups excluding carboxylic acids is 1.